The molecular formula is C19H21N3O2. The number of hydrogen-bond acceptors (Lipinski definition) is 3. The van der Waals surface area contributed by atoms with Crippen molar-refractivity contribution in [2.24, 2.45) is 0 Å². The van der Waals surface area contributed by atoms with Crippen LogP contribution in [0.25, 0.3) is 5.65 Å². The molecule has 0 unspecified atom stereocenters. The van der Waals surface area contributed by atoms with Crippen LogP contribution in [0.4, 0.5) is 5.69 Å². The molecule has 24 heavy (non-hydrogen) atoms. The highest BCUT2D eigenvalue weighted by atomic mass is 16.5. The zero-order valence-corrected chi connectivity index (χ0v) is 14.2. The third kappa shape index (κ3) is 2.85. The molecule has 3 aromatic rings. The second-order valence-electron chi connectivity index (χ2n) is 5.70. The molecule has 1 N–H and O–H groups in total. The number of fused-ring (bicyclic) bond motifs is 1. The first-order valence-electron chi connectivity index (χ1n) is 8.06. The van der Waals surface area contributed by atoms with Gasteiger partial charge in [0.1, 0.15) is 17.1 Å². The van der Waals surface area contributed by atoms with E-state index in [9.17, 15) is 4.79 Å². The number of carbonyl (C=O) groups excluding carboxylic acids is 1. The molecule has 3 rings (SSSR count). The fraction of sp³-hybridized carbons (Fsp3) is 0.263. The summed E-state index contributed by atoms with van der Waals surface area (Å²) < 4.78 is 7.18. The van der Waals surface area contributed by atoms with Crippen LogP contribution in [-0.4, -0.2) is 22.4 Å². The number of methoxy groups -OCH3 is 1. The van der Waals surface area contributed by atoms with Crippen LogP contribution >= 0.6 is 0 Å². The summed E-state index contributed by atoms with van der Waals surface area (Å²) in [5.41, 5.74) is 3.92. The zero-order chi connectivity index (χ0) is 17.1. The minimum atomic E-state index is -0.180. The number of para-hydroxylation sites is 2. The van der Waals surface area contributed by atoms with Crippen molar-refractivity contribution < 1.29 is 9.53 Å². The maximum atomic E-state index is 12.9. The van der Waals surface area contributed by atoms with E-state index in [2.05, 4.69) is 17.2 Å². The van der Waals surface area contributed by atoms with E-state index in [1.807, 2.05) is 53.9 Å². The summed E-state index contributed by atoms with van der Waals surface area (Å²) in [6.07, 6.45) is 3.57. The fourth-order valence-corrected chi connectivity index (χ4v) is 2.83. The topological polar surface area (TPSA) is 55.6 Å². The average Bonchev–Trinajstić information content (AvgIpc) is 2.95. The Morgan fingerprint density at radius 1 is 1.25 bits per heavy atom. The maximum absolute atomic E-state index is 12.9. The molecule has 0 atom stereocenters. The number of hydrogen-bond donors (Lipinski definition) is 1. The van der Waals surface area contributed by atoms with E-state index in [1.54, 1.807) is 7.11 Å². The number of imidazole rings is 1. The molecule has 0 radical (unpaired) electrons. The van der Waals surface area contributed by atoms with Gasteiger partial charge in [0.2, 0.25) is 0 Å². The predicted molar refractivity (Wildman–Crippen MR) is 94.9 cm³/mol. The first kappa shape index (κ1) is 16.1. The Labute approximate surface area is 141 Å². The summed E-state index contributed by atoms with van der Waals surface area (Å²) >= 11 is 0. The van der Waals surface area contributed by atoms with Gasteiger partial charge in [0.05, 0.1) is 18.5 Å². The summed E-state index contributed by atoms with van der Waals surface area (Å²) in [6, 6.07) is 11.3. The van der Waals surface area contributed by atoms with Crippen molar-refractivity contribution in [2.45, 2.75) is 26.7 Å². The molecule has 0 saturated carbocycles. The molecule has 0 aliphatic rings. The largest absolute Gasteiger partial charge is 0.495 e. The average molecular weight is 323 g/mol. The van der Waals surface area contributed by atoms with Crippen LogP contribution in [0.3, 0.4) is 0 Å². The first-order chi connectivity index (χ1) is 11.7. The van der Waals surface area contributed by atoms with Gasteiger partial charge in [-0.2, -0.15) is 0 Å². The molecule has 1 aromatic carbocycles. The quantitative estimate of drug-likeness (QED) is 0.776. The summed E-state index contributed by atoms with van der Waals surface area (Å²) in [5.74, 6) is 0.453. The van der Waals surface area contributed by atoms with Crippen molar-refractivity contribution in [3.63, 3.8) is 0 Å². The minimum Gasteiger partial charge on any atom is -0.495 e. The molecule has 5 heteroatoms. The van der Waals surface area contributed by atoms with Crippen molar-refractivity contribution in [2.75, 3.05) is 12.4 Å². The van der Waals surface area contributed by atoms with Gasteiger partial charge in [0.15, 0.2) is 0 Å². The smallest absolute Gasteiger partial charge is 0.274 e. The Hall–Kier alpha value is -2.82. The van der Waals surface area contributed by atoms with Gasteiger partial charge in [-0.25, -0.2) is 4.98 Å². The van der Waals surface area contributed by atoms with Gasteiger partial charge in [0, 0.05) is 6.20 Å². The second kappa shape index (κ2) is 6.74. The van der Waals surface area contributed by atoms with E-state index in [0.29, 0.717) is 17.1 Å². The summed E-state index contributed by atoms with van der Waals surface area (Å²) in [4.78, 5) is 17.6. The maximum Gasteiger partial charge on any atom is 0.274 e. The van der Waals surface area contributed by atoms with E-state index in [-0.39, 0.29) is 5.91 Å². The number of carbonyl (C=O) groups is 1. The van der Waals surface area contributed by atoms with Gasteiger partial charge in [-0.3, -0.25) is 9.20 Å². The van der Waals surface area contributed by atoms with E-state index >= 15 is 0 Å². The highest BCUT2D eigenvalue weighted by molar-refractivity contribution is 6.05. The van der Waals surface area contributed by atoms with Gasteiger partial charge in [-0.05, 0) is 37.1 Å². The number of rotatable bonds is 5. The molecule has 2 aromatic heterocycles. The third-order valence-corrected chi connectivity index (χ3v) is 3.97. The lowest BCUT2D eigenvalue weighted by molar-refractivity contribution is 0.102. The number of amides is 1. The lowest BCUT2D eigenvalue weighted by Gasteiger charge is -2.10. The summed E-state index contributed by atoms with van der Waals surface area (Å²) in [6.45, 7) is 4.08. The van der Waals surface area contributed by atoms with E-state index in [1.165, 1.54) is 0 Å². The number of nitrogens with one attached hydrogen (secondary N) is 1. The summed E-state index contributed by atoms with van der Waals surface area (Å²) in [7, 11) is 1.59. The van der Waals surface area contributed by atoms with Crippen molar-refractivity contribution in [1.29, 1.82) is 0 Å². The number of aromatic nitrogens is 2. The monoisotopic (exact) mass is 323 g/mol. The second-order valence-corrected chi connectivity index (χ2v) is 5.70. The first-order valence-corrected chi connectivity index (χ1v) is 8.06. The molecule has 2 heterocycles. The van der Waals surface area contributed by atoms with Crippen molar-refractivity contribution >= 4 is 17.2 Å². The molecule has 0 spiro atoms. The number of benzene rings is 1. The van der Waals surface area contributed by atoms with Crippen LogP contribution in [0.2, 0.25) is 0 Å². The molecular weight excluding hydrogens is 302 g/mol. The van der Waals surface area contributed by atoms with Crippen molar-refractivity contribution in [1.82, 2.24) is 9.38 Å². The summed E-state index contributed by atoms with van der Waals surface area (Å²) in [5, 5.41) is 2.95. The number of pyridine rings is 1. The van der Waals surface area contributed by atoms with Gasteiger partial charge in [0.25, 0.3) is 5.91 Å². The van der Waals surface area contributed by atoms with Crippen LogP contribution < -0.4 is 10.1 Å². The Morgan fingerprint density at radius 2 is 2.04 bits per heavy atom. The molecule has 0 bridgehead atoms. The Morgan fingerprint density at radius 3 is 2.79 bits per heavy atom. The fourth-order valence-electron chi connectivity index (χ4n) is 2.83. The van der Waals surface area contributed by atoms with E-state index < -0.39 is 0 Å². The minimum absolute atomic E-state index is 0.180. The highest BCUT2D eigenvalue weighted by Crippen LogP contribution is 2.25. The van der Waals surface area contributed by atoms with Crippen molar-refractivity contribution in [3.8, 4) is 5.75 Å². The molecule has 0 fully saturated rings. The molecule has 0 saturated heterocycles. The van der Waals surface area contributed by atoms with Gasteiger partial charge in [-0.15, -0.1) is 0 Å². The van der Waals surface area contributed by atoms with Crippen LogP contribution in [0.1, 0.15) is 35.1 Å². The third-order valence-electron chi connectivity index (χ3n) is 3.97. The van der Waals surface area contributed by atoms with Gasteiger partial charge in [-0.1, -0.05) is 31.5 Å². The lowest BCUT2D eigenvalue weighted by Crippen LogP contribution is -2.17. The molecule has 0 aliphatic carbocycles. The lowest BCUT2D eigenvalue weighted by atomic mass is 10.2. The molecule has 1 amide bonds. The van der Waals surface area contributed by atoms with Crippen molar-refractivity contribution in [3.05, 3.63) is 59.5 Å². The number of aryl methyl sites for hydroxylation is 2. The molecule has 5 nitrogen and oxygen atoms in total. The normalized spacial score (nSPS) is 10.8. The molecule has 0 aliphatic heterocycles. The number of anilines is 1. The van der Waals surface area contributed by atoms with Crippen LogP contribution in [-0.2, 0) is 6.42 Å². The SMILES string of the molecule is CCCc1nc2c(C)cccn2c1C(=O)Nc1ccccc1OC. The molecule has 124 valence electrons. The zero-order valence-electron chi connectivity index (χ0n) is 14.2. The predicted octanol–water partition coefficient (Wildman–Crippen LogP) is 3.86. The Kier molecular flexibility index (Phi) is 4.51. The Bertz CT molecular complexity index is 883. The van der Waals surface area contributed by atoms with E-state index in [0.717, 1.165) is 29.7 Å². The number of ether oxygens (including phenoxy) is 1. The highest BCUT2D eigenvalue weighted by Gasteiger charge is 2.20. The van der Waals surface area contributed by atoms with Crippen LogP contribution in [0.15, 0.2) is 42.6 Å². The number of nitrogens with zero attached hydrogens (tertiary/aromatic N) is 2. The van der Waals surface area contributed by atoms with E-state index in [4.69, 9.17) is 4.74 Å². The Balaban J connectivity index is 2.05. The standard InChI is InChI=1S/C19H21N3O2/c1-4-8-15-17(22-12-7-9-13(2)18(22)20-15)19(23)21-14-10-5-6-11-16(14)24-3/h5-7,9-12H,4,8H2,1-3H3,(H,21,23). The van der Waals surface area contributed by atoms with Crippen LogP contribution in [0, 0.1) is 6.92 Å². The van der Waals surface area contributed by atoms with Gasteiger partial charge < -0.3 is 10.1 Å². The van der Waals surface area contributed by atoms with Gasteiger partial charge >= 0.3 is 0 Å². The van der Waals surface area contributed by atoms with Crippen LogP contribution in [0.5, 0.6) is 5.75 Å².